The van der Waals surface area contributed by atoms with Gasteiger partial charge in [0, 0.05) is 5.92 Å². The monoisotopic (exact) mass is 335 g/mol. The zero-order valence-corrected chi connectivity index (χ0v) is 14.0. The van der Waals surface area contributed by atoms with Crippen molar-refractivity contribution in [3.8, 4) is 5.75 Å². The maximum Gasteiger partial charge on any atom is 0.238 e. The van der Waals surface area contributed by atoms with Crippen LogP contribution >= 0.6 is 0 Å². The maximum absolute atomic E-state index is 11.8. The number of sulfonamides is 1. The number of primary sulfonamides is 1. The average molecular weight is 335 g/mol. The number of hydrogen-bond acceptors (Lipinski definition) is 4. The van der Waals surface area contributed by atoms with Gasteiger partial charge in [-0.25, -0.2) is 13.6 Å². The van der Waals surface area contributed by atoms with E-state index in [-0.39, 0.29) is 23.3 Å². The molecule has 23 heavy (non-hydrogen) atoms. The Bertz CT molecular complexity index is 756. The largest absolute Gasteiger partial charge is 0.497 e. The van der Waals surface area contributed by atoms with Gasteiger partial charge in [0.15, 0.2) is 0 Å². The molecule has 0 saturated heterocycles. The number of benzene rings is 2. The van der Waals surface area contributed by atoms with Crippen molar-refractivity contribution in [2.45, 2.75) is 23.7 Å². The minimum absolute atomic E-state index is 0.0550. The lowest BCUT2D eigenvalue weighted by Gasteiger charge is -2.24. The van der Waals surface area contributed by atoms with Gasteiger partial charge in [0.2, 0.25) is 10.0 Å². The molecular formula is C17H21NO4S. The molecule has 2 rings (SSSR count). The topological polar surface area (TPSA) is 89.6 Å². The molecule has 0 aliphatic rings. The lowest BCUT2D eigenvalue weighted by molar-refractivity contribution is 0.250. The number of ether oxygens (including phenoxy) is 1. The molecular weight excluding hydrogens is 314 g/mol. The third-order valence-corrected chi connectivity index (χ3v) is 5.05. The van der Waals surface area contributed by atoms with E-state index in [2.05, 4.69) is 0 Å². The number of rotatable bonds is 6. The van der Waals surface area contributed by atoms with Crippen LogP contribution in [0.3, 0.4) is 0 Å². The molecule has 0 aromatic heterocycles. The van der Waals surface area contributed by atoms with Gasteiger partial charge in [0.1, 0.15) is 5.75 Å². The molecule has 0 saturated carbocycles. The second-order valence-corrected chi connectivity index (χ2v) is 6.96. The molecule has 2 aromatic carbocycles. The van der Waals surface area contributed by atoms with Crippen LogP contribution in [0.2, 0.25) is 0 Å². The molecule has 6 heteroatoms. The number of hydrogen-bond donors (Lipinski definition) is 2. The first-order valence-corrected chi connectivity index (χ1v) is 8.79. The first kappa shape index (κ1) is 17.5. The summed E-state index contributed by atoms with van der Waals surface area (Å²) in [4.78, 5) is 0.0550. The second kappa shape index (κ2) is 7.12. The summed E-state index contributed by atoms with van der Waals surface area (Å²) < 4.78 is 28.7. The standard InChI is InChI=1S/C17H21NO4S/c1-12(13-7-9-14(22-2)10-8-13)16(11-19)15-5-3-4-6-17(15)23(18,20)21/h3-10,12,16,19H,11H2,1-2H3,(H2,18,20,21)/t12-,16-/m0/s1. The van der Waals surface area contributed by atoms with Crippen molar-refractivity contribution in [1.29, 1.82) is 0 Å². The number of aliphatic hydroxyl groups excluding tert-OH is 1. The first-order valence-electron chi connectivity index (χ1n) is 7.25. The van der Waals surface area contributed by atoms with Crippen molar-refractivity contribution in [3.05, 3.63) is 59.7 Å². The highest BCUT2D eigenvalue weighted by Gasteiger charge is 2.25. The Kier molecular flexibility index (Phi) is 5.41. The van der Waals surface area contributed by atoms with Gasteiger partial charge in [-0.3, -0.25) is 0 Å². The zero-order valence-electron chi connectivity index (χ0n) is 13.1. The molecule has 2 aromatic rings. The van der Waals surface area contributed by atoms with Crippen molar-refractivity contribution in [2.24, 2.45) is 5.14 Å². The van der Waals surface area contributed by atoms with Crippen LogP contribution < -0.4 is 9.88 Å². The smallest absolute Gasteiger partial charge is 0.238 e. The van der Waals surface area contributed by atoms with Gasteiger partial charge in [-0.05, 0) is 35.2 Å². The normalized spacial score (nSPS) is 14.3. The molecule has 0 unspecified atom stereocenters. The lowest BCUT2D eigenvalue weighted by Crippen LogP contribution is -2.20. The minimum Gasteiger partial charge on any atom is -0.497 e. The number of methoxy groups -OCH3 is 1. The van der Waals surface area contributed by atoms with Crippen molar-refractivity contribution < 1.29 is 18.3 Å². The highest BCUT2D eigenvalue weighted by atomic mass is 32.2. The van der Waals surface area contributed by atoms with Crippen LogP contribution in [-0.2, 0) is 10.0 Å². The molecule has 0 fully saturated rings. The van der Waals surface area contributed by atoms with Crippen LogP contribution in [0.5, 0.6) is 5.75 Å². The molecule has 124 valence electrons. The Morgan fingerprint density at radius 3 is 2.26 bits per heavy atom. The van der Waals surface area contributed by atoms with E-state index >= 15 is 0 Å². The van der Waals surface area contributed by atoms with E-state index in [9.17, 15) is 13.5 Å². The molecule has 5 nitrogen and oxygen atoms in total. The van der Waals surface area contributed by atoms with Crippen molar-refractivity contribution >= 4 is 10.0 Å². The summed E-state index contributed by atoms with van der Waals surface area (Å²) in [5, 5.41) is 15.1. The Hall–Kier alpha value is -1.89. The van der Waals surface area contributed by atoms with Crippen molar-refractivity contribution in [1.82, 2.24) is 0 Å². The summed E-state index contributed by atoms with van der Waals surface area (Å²) in [6, 6.07) is 14.0. The predicted octanol–water partition coefficient (Wildman–Crippen LogP) is 2.22. The van der Waals surface area contributed by atoms with E-state index in [0.717, 1.165) is 11.3 Å². The van der Waals surface area contributed by atoms with Crippen LogP contribution in [0.1, 0.15) is 29.9 Å². The Morgan fingerprint density at radius 1 is 1.13 bits per heavy atom. The summed E-state index contributed by atoms with van der Waals surface area (Å²) in [5.74, 6) is 0.276. The molecule has 3 N–H and O–H groups in total. The molecule has 0 aliphatic carbocycles. The van der Waals surface area contributed by atoms with Gasteiger partial charge in [-0.2, -0.15) is 0 Å². The molecule has 0 amide bonds. The summed E-state index contributed by atoms with van der Waals surface area (Å²) >= 11 is 0. The molecule has 0 aliphatic heterocycles. The van der Waals surface area contributed by atoms with Crippen LogP contribution in [0, 0.1) is 0 Å². The Labute approximate surface area is 136 Å². The minimum atomic E-state index is -3.85. The molecule has 0 spiro atoms. The molecule has 0 bridgehead atoms. The van der Waals surface area contributed by atoms with E-state index in [1.54, 1.807) is 25.3 Å². The van der Waals surface area contributed by atoms with Gasteiger partial charge in [-0.1, -0.05) is 37.3 Å². The fourth-order valence-corrected chi connectivity index (χ4v) is 3.53. The van der Waals surface area contributed by atoms with Gasteiger partial charge in [0.25, 0.3) is 0 Å². The summed E-state index contributed by atoms with van der Waals surface area (Å²) in [5.41, 5.74) is 1.51. The molecule has 0 radical (unpaired) electrons. The highest BCUT2D eigenvalue weighted by Crippen LogP contribution is 2.35. The number of nitrogens with two attached hydrogens (primary N) is 1. The van der Waals surface area contributed by atoms with Crippen molar-refractivity contribution in [3.63, 3.8) is 0 Å². The van der Waals surface area contributed by atoms with Crippen molar-refractivity contribution in [2.75, 3.05) is 13.7 Å². The Morgan fingerprint density at radius 2 is 1.74 bits per heavy atom. The summed E-state index contributed by atoms with van der Waals surface area (Å²) in [6.45, 7) is 1.77. The van der Waals surface area contributed by atoms with Crippen LogP contribution in [0.15, 0.2) is 53.4 Å². The SMILES string of the molecule is COc1ccc([C@H](C)[C@H](CO)c2ccccc2S(N)(=O)=O)cc1. The quantitative estimate of drug-likeness (QED) is 0.847. The van der Waals surface area contributed by atoms with Gasteiger partial charge in [-0.15, -0.1) is 0 Å². The van der Waals surface area contributed by atoms with Crippen LogP contribution in [0.25, 0.3) is 0 Å². The van der Waals surface area contributed by atoms with E-state index in [4.69, 9.17) is 9.88 Å². The zero-order chi connectivity index (χ0) is 17.0. The van der Waals surface area contributed by atoms with Crippen LogP contribution in [-0.4, -0.2) is 27.2 Å². The van der Waals surface area contributed by atoms with E-state index in [0.29, 0.717) is 5.56 Å². The third kappa shape index (κ3) is 3.90. The van der Waals surface area contributed by atoms with E-state index < -0.39 is 10.0 Å². The van der Waals surface area contributed by atoms with Gasteiger partial charge in [0.05, 0.1) is 18.6 Å². The first-order chi connectivity index (χ1) is 10.9. The van der Waals surface area contributed by atoms with Crippen LogP contribution in [0.4, 0.5) is 0 Å². The molecule has 2 atom stereocenters. The molecule has 0 heterocycles. The third-order valence-electron chi connectivity index (χ3n) is 4.07. The van der Waals surface area contributed by atoms with Gasteiger partial charge < -0.3 is 9.84 Å². The number of aliphatic hydroxyl groups is 1. The van der Waals surface area contributed by atoms with Gasteiger partial charge >= 0.3 is 0 Å². The van der Waals surface area contributed by atoms with E-state index in [1.807, 2.05) is 31.2 Å². The predicted molar refractivity (Wildman–Crippen MR) is 89.1 cm³/mol. The lowest BCUT2D eigenvalue weighted by atomic mass is 9.83. The second-order valence-electron chi connectivity index (χ2n) is 5.43. The fraction of sp³-hybridized carbons (Fsp3) is 0.294. The highest BCUT2D eigenvalue weighted by molar-refractivity contribution is 7.89. The van der Waals surface area contributed by atoms with E-state index in [1.165, 1.54) is 6.07 Å². The Balaban J connectivity index is 2.43. The summed E-state index contributed by atoms with van der Waals surface area (Å²) in [6.07, 6.45) is 0. The average Bonchev–Trinajstić information content (AvgIpc) is 2.55. The summed E-state index contributed by atoms with van der Waals surface area (Å²) in [7, 11) is -2.25. The fourth-order valence-electron chi connectivity index (χ4n) is 2.71. The maximum atomic E-state index is 11.8.